The Balaban J connectivity index is 1.64. The van der Waals surface area contributed by atoms with Crippen LogP contribution in [-0.2, 0) is 11.3 Å². The van der Waals surface area contributed by atoms with Crippen molar-refractivity contribution in [3.8, 4) is 0 Å². The molecule has 3 rings (SSSR count). The number of hydrogen-bond acceptors (Lipinski definition) is 2. The Morgan fingerprint density at radius 1 is 1.14 bits per heavy atom. The third-order valence-corrected chi connectivity index (χ3v) is 4.61. The van der Waals surface area contributed by atoms with Crippen molar-refractivity contribution in [1.82, 2.24) is 5.32 Å². The van der Waals surface area contributed by atoms with Gasteiger partial charge in [-0.3, -0.25) is 9.59 Å². The fourth-order valence-corrected chi connectivity index (χ4v) is 2.77. The first-order chi connectivity index (χ1) is 13.2. The predicted octanol–water partition coefficient (Wildman–Crippen LogP) is 4.19. The van der Waals surface area contributed by atoms with Crippen LogP contribution in [0, 0.1) is 24.5 Å². The van der Waals surface area contributed by atoms with Crippen molar-refractivity contribution in [3.05, 3.63) is 64.7 Å². The summed E-state index contributed by atoms with van der Waals surface area (Å²) in [6, 6.07) is 7.46. The van der Waals surface area contributed by atoms with Crippen LogP contribution in [0.1, 0.15) is 34.3 Å². The van der Waals surface area contributed by atoms with Crippen molar-refractivity contribution in [2.45, 2.75) is 32.2 Å². The number of anilines is 1. The van der Waals surface area contributed by atoms with E-state index in [1.165, 1.54) is 12.1 Å². The summed E-state index contributed by atoms with van der Waals surface area (Å²) in [6.07, 6.45) is -0.583. The van der Waals surface area contributed by atoms with E-state index in [1.807, 2.05) is 0 Å². The summed E-state index contributed by atoms with van der Waals surface area (Å²) in [4.78, 5) is 24.2. The molecule has 1 unspecified atom stereocenters. The molecule has 0 saturated heterocycles. The number of halogens is 4. The maximum Gasteiger partial charge on any atom is 0.252 e. The minimum Gasteiger partial charge on any atom is -0.348 e. The minimum atomic E-state index is -2.78. The van der Waals surface area contributed by atoms with Crippen molar-refractivity contribution < 1.29 is 27.2 Å². The number of carbonyl (C=O) groups excluding carboxylic acids is 2. The van der Waals surface area contributed by atoms with Gasteiger partial charge in [0.15, 0.2) is 0 Å². The largest absolute Gasteiger partial charge is 0.348 e. The van der Waals surface area contributed by atoms with Gasteiger partial charge in [0.2, 0.25) is 5.91 Å². The molecule has 0 bridgehead atoms. The SMILES string of the molecule is Cc1ccc(C(=O)NCc2cc(F)ccc2F)cc1NC(=O)CC1CC1(F)F. The highest BCUT2D eigenvalue weighted by molar-refractivity contribution is 5.97. The Hall–Kier alpha value is -2.90. The highest BCUT2D eigenvalue weighted by Gasteiger charge is 2.57. The number of aryl methyl sites for hydroxylation is 1. The summed E-state index contributed by atoms with van der Waals surface area (Å²) < 4.78 is 52.7. The molecule has 4 nitrogen and oxygen atoms in total. The zero-order valence-corrected chi connectivity index (χ0v) is 15.0. The lowest BCUT2D eigenvalue weighted by molar-refractivity contribution is -0.117. The number of carbonyl (C=O) groups is 2. The lowest BCUT2D eigenvalue weighted by atomic mass is 10.1. The second kappa shape index (κ2) is 7.61. The second-order valence-electron chi connectivity index (χ2n) is 6.86. The molecule has 0 heterocycles. The maximum absolute atomic E-state index is 13.6. The lowest BCUT2D eigenvalue weighted by Crippen LogP contribution is -2.24. The molecule has 1 aliphatic rings. The van der Waals surface area contributed by atoms with Crippen LogP contribution in [0.25, 0.3) is 0 Å². The van der Waals surface area contributed by atoms with E-state index in [1.54, 1.807) is 13.0 Å². The van der Waals surface area contributed by atoms with Gasteiger partial charge >= 0.3 is 0 Å². The Morgan fingerprint density at radius 2 is 1.86 bits per heavy atom. The van der Waals surface area contributed by atoms with Gasteiger partial charge < -0.3 is 10.6 Å². The molecular weight excluding hydrogens is 376 g/mol. The van der Waals surface area contributed by atoms with Crippen molar-refractivity contribution >= 4 is 17.5 Å². The normalized spacial score (nSPS) is 17.1. The molecular formula is C20H18F4N2O2. The zero-order chi connectivity index (χ0) is 20.5. The molecule has 0 spiro atoms. The van der Waals surface area contributed by atoms with Crippen LogP contribution >= 0.6 is 0 Å². The predicted molar refractivity (Wildman–Crippen MR) is 95.0 cm³/mol. The number of rotatable bonds is 6. The van der Waals surface area contributed by atoms with Crippen LogP contribution in [0.3, 0.4) is 0 Å². The average Bonchev–Trinajstić information content (AvgIpc) is 3.23. The molecule has 1 atom stereocenters. The van der Waals surface area contributed by atoms with Gasteiger partial charge in [-0.2, -0.15) is 0 Å². The summed E-state index contributed by atoms with van der Waals surface area (Å²) in [6.45, 7) is 1.49. The van der Waals surface area contributed by atoms with Crippen molar-refractivity contribution in [2.24, 2.45) is 5.92 Å². The molecule has 1 aliphatic carbocycles. The summed E-state index contributed by atoms with van der Waals surface area (Å²) in [5, 5.41) is 5.02. The second-order valence-corrected chi connectivity index (χ2v) is 6.86. The fourth-order valence-electron chi connectivity index (χ4n) is 2.77. The zero-order valence-electron chi connectivity index (χ0n) is 15.0. The first-order valence-corrected chi connectivity index (χ1v) is 8.66. The van der Waals surface area contributed by atoms with Gasteiger partial charge in [-0.05, 0) is 42.8 Å². The molecule has 2 amide bonds. The van der Waals surface area contributed by atoms with Crippen molar-refractivity contribution in [1.29, 1.82) is 0 Å². The molecule has 0 aliphatic heterocycles. The van der Waals surface area contributed by atoms with E-state index < -0.39 is 35.3 Å². The van der Waals surface area contributed by atoms with Crippen LogP contribution in [-0.4, -0.2) is 17.7 Å². The Bertz CT molecular complexity index is 930. The quantitative estimate of drug-likeness (QED) is 0.722. The van der Waals surface area contributed by atoms with Gasteiger partial charge in [0.05, 0.1) is 0 Å². The smallest absolute Gasteiger partial charge is 0.252 e. The number of nitrogens with one attached hydrogen (secondary N) is 2. The van der Waals surface area contributed by atoms with Gasteiger partial charge in [-0.15, -0.1) is 0 Å². The molecule has 2 aromatic rings. The summed E-state index contributed by atoms with van der Waals surface area (Å²) in [7, 11) is 0. The molecule has 2 aromatic carbocycles. The molecule has 0 radical (unpaired) electrons. The number of amides is 2. The Labute approximate surface area is 158 Å². The molecule has 148 valence electrons. The van der Waals surface area contributed by atoms with E-state index in [2.05, 4.69) is 10.6 Å². The van der Waals surface area contributed by atoms with Gasteiger partial charge in [0.25, 0.3) is 11.8 Å². The lowest BCUT2D eigenvalue weighted by Gasteiger charge is -2.11. The highest BCUT2D eigenvalue weighted by Crippen LogP contribution is 2.50. The topological polar surface area (TPSA) is 58.2 Å². The van der Waals surface area contributed by atoms with Crippen LogP contribution in [0.4, 0.5) is 23.2 Å². The van der Waals surface area contributed by atoms with Crippen LogP contribution in [0.5, 0.6) is 0 Å². The number of alkyl halides is 2. The minimum absolute atomic E-state index is 0.000602. The van der Waals surface area contributed by atoms with Crippen molar-refractivity contribution in [3.63, 3.8) is 0 Å². The summed E-state index contributed by atoms with van der Waals surface area (Å²) in [5.74, 6) is -6.08. The fraction of sp³-hybridized carbons (Fsp3) is 0.300. The van der Waals surface area contributed by atoms with E-state index in [0.717, 1.165) is 18.2 Å². The molecule has 8 heteroatoms. The first kappa shape index (κ1) is 19.9. The first-order valence-electron chi connectivity index (χ1n) is 8.66. The molecule has 28 heavy (non-hydrogen) atoms. The summed E-state index contributed by atoms with van der Waals surface area (Å²) >= 11 is 0. The highest BCUT2D eigenvalue weighted by atomic mass is 19.3. The van der Waals surface area contributed by atoms with E-state index >= 15 is 0 Å². The van der Waals surface area contributed by atoms with E-state index in [-0.39, 0.29) is 30.5 Å². The maximum atomic E-state index is 13.6. The number of benzene rings is 2. The van der Waals surface area contributed by atoms with E-state index in [9.17, 15) is 27.2 Å². The third-order valence-electron chi connectivity index (χ3n) is 4.61. The molecule has 1 saturated carbocycles. The summed E-state index contributed by atoms with van der Waals surface area (Å²) in [5.41, 5.74) is 1.18. The Morgan fingerprint density at radius 3 is 2.54 bits per heavy atom. The molecule has 2 N–H and O–H groups in total. The van der Waals surface area contributed by atoms with Gasteiger partial charge in [0, 0.05) is 42.1 Å². The monoisotopic (exact) mass is 394 g/mol. The van der Waals surface area contributed by atoms with Crippen LogP contribution in [0.2, 0.25) is 0 Å². The van der Waals surface area contributed by atoms with Gasteiger partial charge in [-0.25, -0.2) is 17.6 Å². The standard InChI is InChI=1S/C20H18F4N2O2/c1-11-2-3-12(7-17(11)26-18(27)8-14-9-20(14,23)24)19(28)25-10-13-6-15(21)4-5-16(13)22/h2-7,14H,8-10H2,1H3,(H,25,28)(H,26,27). The Kier molecular flexibility index (Phi) is 5.40. The van der Waals surface area contributed by atoms with Crippen LogP contribution < -0.4 is 10.6 Å². The van der Waals surface area contributed by atoms with Gasteiger partial charge in [0.1, 0.15) is 11.6 Å². The van der Waals surface area contributed by atoms with Crippen LogP contribution in [0.15, 0.2) is 36.4 Å². The van der Waals surface area contributed by atoms with E-state index in [0.29, 0.717) is 11.3 Å². The van der Waals surface area contributed by atoms with E-state index in [4.69, 9.17) is 0 Å². The molecule has 0 aromatic heterocycles. The van der Waals surface area contributed by atoms with Gasteiger partial charge in [-0.1, -0.05) is 6.07 Å². The van der Waals surface area contributed by atoms with Crippen molar-refractivity contribution in [2.75, 3.05) is 5.32 Å². The molecule has 1 fully saturated rings. The third kappa shape index (κ3) is 4.68. The number of hydrogen-bond donors (Lipinski definition) is 2. The average molecular weight is 394 g/mol.